The fourth-order valence-corrected chi connectivity index (χ4v) is 6.33. The molecule has 0 bridgehead atoms. The van der Waals surface area contributed by atoms with Crippen LogP contribution in [-0.4, -0.2) is 81.4 Å². The molecule has 1 aromatic carbocycles. The highest BCUT2D eigenvalue weighted by atomic mass is 32.2. The number of ether oxygens (including phenoxy) is 2. The Morgan fingerprint density at radius 3 is 2.56 bits per heavy atom. The predicted molar refractivity (Wildman–Crippen MR) is 133 cm³/mol. The molecule has 0 saturated carbocycles. The topological polar surface area (TPSA) is 79.3 Å². The minimum absolute atomic E-state index is 0.0699. The van der Waals surface area contributed by atoms with Crippen LogP contribution in [-0.2, 0) is 14.8 Å². The van der Waals surface area contributed by atoms with Gasteiger partial charge in [0, 0.05) is 56.3 Å². The van der Waals surface area contributed by atoms with Gasteiger partial charge in [-0.3, -0.25) is 0 Å². The van der Waals surface area contributed by atoms with Crippen molar-refractivity contribution >= 4 is 10.0 Å². The molecule has 0 unspecified atom stereocenters. The van der Waals surface area contributed by atoms with Crippen molar-refractivity contribution in [3.8, 4) is 17.6 Å². The lowest BCUT2D eigenvalue weighted by Crippen LogP contribution is -2.50. The minimum Gasteiger partial charge on any atom is -0.487 e. The van der Waals surface area contributed by atoms with Gasteiger partial charge in [0.2, 0.25) is 10.0 Å². The molecule has 2 aliphatic heterocycles. The molecule has 8 heteroatoms. The summed E-state index contributed by atoms with van der Waals surface area (Å²) < 4.78 is 40.5. The highest BCUT2D eigenvalue weighted by Gasteiger charge is 2.38. The molecule has 0 amide bonds. The Hall–Kier alpha value is -1.63. The van der Waals surface area contributed by atoms with Crippen molar-refractivity contribution in [2.24, 2.45) is 17.8 Å². The second kappa shape index (κ2) is 11.9. The number of hydrogen-bond acceptors (Lipinski definition) is 6. The van der Waals surface area contributed by atoms with Gasteiger partial charge in [-0.1, -0.05) is 32.6 Å². The Morgan fingerprint density at radius 2 is 1.91 bits per heavy atom. The van der Waals surface area contributed by atoms with Crippen molar-refractivity contribution < 1.29 is 23.0 Å². The molecule has 0 spiro atoms. The van der Waals surface area contributed by atoms with E-state index >= 15 is 0 Å². The van der Waals surface area contributed by atoms with Crippen molar-refractivity contribution in [3.05, 3.63) is 23.8 Å². The van der Waals surface area contributed by atoms with Crippen molar-refractivity contribution in [2.45, 2.75) is 57.6 Å². The van der Waals surface area contributed by atoms with E-state index in [4.69, 9.17) is 9.47 Å². The summed E-state index contributed by atoms with van der Waals surface area (Å²) in [6.45, 7) is 11.1. The van der Waals surface area contributed by atoms with E-state index in [9.17, 15) is 13.5 Å². The standard InChI is InChI=1S/C26H40N2O5S/c1-19(2)6-7-22-8-9-26-24(14-22)33-25(17-27(5)16-23-10-12-32-13-11-23)20(3)15-28(21(4)18-29)34(26,30)31/h8-9,14,19-21,23,25,29H,10-13,15-18H2,1-5H3/t20-,21+,25-/m1/s1. The zero-order valence-electron chi connectivity index (χ0n) is 21.2. The third-order valence-electron chi connectivity index (χ3n) is 6.57. The number of likely N-dealkylation sites (N-methyl/N-ethyl adjacent to an activating group) is 1. The number of rotatable bonds is 6. The number of fused-ring (bicyclic) bond motifs is 1. The van der Waals surface area contributed by atoms with Crippen LogP contribution in [0.5, 0.6) is 5.75 Å². The molecule has 34 heavy (non-hydrogen) atoms. The summed E-state index contributed by atoms with van der Waals surface area (Å²) in [5.41, 5.74) is 0.729. The van der Waals surface area contributed by atoms with E-state index in [2.05, 4.69) is 23.8 Å². The van der Waals surface area contributed by atoms with Crippen molar-refractivity contribution in [1.82, 2.24) is 9.21 Å². The molecule has 0 radical (unpaired) electrons. The van der Waals surface area contributed by atoms with Crippen LogP contribution in [0.25, 0.3) is 0 Å². The van der Waals surface area contributed by atoms with E-state index in [1.807, 2.05) is 20.8 Å². The van der Waals surface area contributed by atoms with Gasteiger partial charge in [-0.25, -0.2) is 8.42 Å². The number of hydrogen-bond donors (Lipinski definition) is 1. The van der Waals surface area contributed by atoms with Crippen LogP contribution >= 0.6 is 0 Å². The van der Waals surface area contributed by atoms with Gasteiger partial charge in [-0.15, -0.1) is 0 Å². The molecule has 190 valence electrons. The van der Waals surface area contributed by atoms with Gasteiger partial charge < -0.3 is 19.5 Å². The van der Waals surface area contributed by atoms with E-state index in [0.29, 0.717) is 18.2 Å². The molecule has 3 rings (SSSR count). The Morgan fingerprint density at radius 1 is 1.21 bits per heavy atom. The molecule has 3 atom stereocenters. The van der Waals surface area contributed by atoms with Crippen LogP contribution in [0.3, 0.4) is 0 Å². The Bertz CT molecular complexity index is 979. The van der Waals surface area contributed by atoms with E-state index in [-0.39, 0.29) is 36.0 Å². The molecule has 1 fully saturated rings. The molecule has 0 aliphatic carbocycles. The summed E-state index contributed by atoms with van der Waals surface area (Å²) in [6.07, 6.45) is 1.92. The molecule has 2 heterocycles. The van der Waals surface area contributed by atoms with Crippen molar-refractivity contribution in [1.29, 1.82) is 0 Å². The number of sulfonamides is 1. The lowest BCUT2D eigenvalue weighted by atomic mass is 9.98. The number of aliphatic hydroxyl groups excluding tert-OH is 1. The maximum atomic E-state index is 13.6. The maximum absolute atomic E-state index is 13.6. The van der Waals surface area contributed by atoms with Crippen LogP contribution in [0.4, 0.5) is 0 Å². The average Bonchev–Trinajstić information content (AvgIpc) is 2.80. The zero-order valence-corrected chi connectivity index (χ0v) is 22.0. The van der Waals surface area contributed by atoms with Crippen molar-refractivity contribution in [3.63, 3.8) is 0 Å². The first-order valence-electron chi connectivity index (χ1n) is 12.3. The molecular formula is C26H40N2O5S. The van der Waals surface area contributed by atoms with Gasteiger partial charge in [-0.05, 0) is 50.9 Å². The molecule has 0 aromatic heterocycles. The van der Waals surface area contributed by atoms with E-state index in [0.717, 1.165) is 38.2 Å². The van der Waals surface area contributed by atoms with E-state index in [1.54, 1.807) is 25.1 Å². The van der Waals surface area contributed by atoms with Gasteiger partial charge in [0.05, 0.1) is 6.61 Å². The lowest BCUT2D eigenvalue weighted by Gasteiger charge is -2.38. The summed E-state index contributed by atoms with van der Waals surface area (Å²) in [4.78, 5) is 2.42. The number of aliphatic hydroxyl groups is 1. The first-order chi connectivity index (χ1) is 16.1. The van der Waals surface area contributed by atoms with Crippen molar-refractivity contribution in [2.75, 3.05) is 46.5 Å². The summed E-state index contributed by atoms with van der Waals surface area (Å²) in [5, 5.41) is 9.80. The zero-order chi connectivity index (χ0) is 24.9. The van der Waals surface area contributed by atoms with Crippen LogP contribution < -0.4 is 4.74 Å². The Labute approximate surface area is 205 Å². The molecule has 1 saturated heterocycles. The third kappa shape index (κ3) is 6.73. The van der Waals surface area contributed by atoms with Crippen LogP contribution in [0, 0.1) is 29.6 Å². The quantitative estimate of drug-likeness (QED) is 0.616. The first kappa shape index (κ1) is 27.0. The highest BCUT2D eigenvalue weighted by Crippen LogP contribution is 2.34. The second-order valence-electron chi connectivity index (χ2n) is 10.1. The maximum Gasteiger partial charge on any atom is 0.247 e. The lowest BCUT2D eigenvalue weighted by molar-refractivity contribution is 0.0402. The van der Waals surface area contributed by atoms with Crippen LogP contribution in [0.15, 0.2) is 23.1 Å². The third-order valence-corrected chi connectivity index (χ3v) is 8.59. The SMILES string of the molecule is CC(C)C#Cc1ccc2c(c1)O[C@H](CN(C)CC1CCOCC1)[C@H](C)CN([C@@H](C)CO)S2(=O)=O. The van der Waals surface area contributed by atoms with Gasteiger partial charge >= 0.3 is 0 Å². The van der Waals surface area contributed by atoms with E-state index < -0.39 is 16.1 Å². The number of benzene rings is 1. The monoisotopic (exact) mass is 492 g/mol. The first-order valence-corrected chi connectivity index (χ1v) is 13.8. The number of nitrogens with zero attached hydrogens (tertiary/aromatic N) is 2. The van der Waals surface area contributed by atoms with Crippen LogP contribution in [0.2, 0.25) is 0 Å². The summed E-state index contributed by atoms with van der Waals surface area (Å²) in [6, 6.07) is 4.53. The summed E-state index contributed by atoms with van der Waals surface area (Å²) in [5.74, 6) is 7.33. The Kier molecular flexibility index (Phi) is 9.41. The minimum atomic E-state index is -3.84. The fourth-order valence-electron chi connectivity index (χ4n) is 4.50. The average molecular weight is 493 g/mol. The molecular weight excluding hydrogens is 452 g/mol. The van der Waals surface area contributed by atoms with E-state index in [1.165, 1.54) is 4.31 Å². The van der Waals surface area contributed by atoms with Gasteiger partial charge in [0.25, 0.3) is 0 Å². The molecule has 1 N–H and O–H groups in total. The van der Waals surface area contributed by atoms with Crippen LogP contribution in [0.1, 0.15) is 46.1 Å². The summed E-state index contributed by atoms with van der Waals surface area (Å²) >= 11 is 0. The molecule has 2 aliphatic rings. The van der Waals surface area contributed by atoms with Gasteiger partial charge in [-0.2, -0.15) is 4.31 Å². The molecule has 1 aromatic rings. The highest BCUT2D eigenvalue weighted by molar-refractivity contribution is 7.89. The normalized spacial score (nSPS) is 24.5. The molecule has 7 nitrogen and oxygen atoms in total. The second-order valence-corrected chi connectivity index (χ2v) is 12.0. The summed E-state index contributed by atoms with van der Waals surface area (Å²) in [7, 11) is -1.74. The fraction of sp³-hybridized carbons (Fsp3) is 0.692. The predicted octanol–water partition coefficient (Wildman–Crippen LogP) is 2.82. The largest absolute Gasteiger partial charge is 0.487 e. The van der Waals surface area contributed by atoms with Gasteiger partial charge in [0.1, 0.15) is 16.7 Å². The smallest absolute Gasteiger partial charge is 0.247 e. The Balaban J connectivity index is 1.94. The van der Waals surface area contributed by atoms with Gasteiger partial charge in [0.15, 0.2) is 0 Å².